The minimum Gasteiger partial charge on any atom is -0.493 e. The zero-order chi connectivity index (χ0) is 18.9. The first-order chi connectivity index (χ1) is 12.6. The van der Waals surface area contributed by atoms with E-state index in [4.69, 9.17) is 18.9 Å². The highest BCUT2D eigenvalue weighted by molar-refractivity contribution is 5.67. The fourth-order valence-electron chi connectivity index (χ4n) is 2.96. The Morgan fingerprint density at radius 3 is 2.38 bits per heavy atom. The van der Waals surface area contributed by atoms with Gasteiger partial charge in [-0.1, -0.05) is 6.07 Å². The van der Waals surface area contributed by atoms with Crippen molar-refractivity contribution in [3.63, 3.8) is 0 Å². The van der Waals surface area contributed by atoms with Crippen LogP contribution >= 0.6 is 0 Å². The number of methoxy groups -OCH3 is 2. The second-order valence-corrected chi connectivity index (χ2v) is 6.10. The summed E-state index contributed by atoms with van der Waals surface area (Å²) in [6.07, 6.45) is -0.896. The Bertz CT molecular complexity index is 553. The van der Waals surface area contributed by atoms with Crippen LogP contribution in [0.15, 0.2) is 18.2 Å². The molecule has 1 heterocycles. The Labute approximate surface area is 154 Å². The zero-order valence-electron chi connectivity index (χ0n) is 15.7. The van der Waals surface area contributed by atoms with E-state index in [-0.39, 0.29) is 12.7 Å². The lowest BCUT2D eigenvalue weighted by Gasteiger charge is -2.32. The summed E-state index contributed by atoms with van der Waals surface area (Å²) in [4.78, 5) is 14.6. The first kappa shape index (κ1) is 20.1. The number of hydrogen-bond acceptors (Lipinski definition) is 6. The average Bonchev–Trinajstić information content (AvgIpc) is 2.66. The highest BCUT2D eigenvalue weighted by Gasteiger charge is 2.26. The lowest BCUT2D eigenvalue weighted by molar-refractivity contribution is -0.907. The first-order valence-corrected chi connectivity index (χ1v) is 8.86. The van der Waals surface area contributed by atoms with Crippen molar-refractivity contribution in [3.8, 4) is 17.2 Å². The van der Waals surface area contributed by atoms with Crippen molar-refractivity contribution in [1.29, 1.82) is 0 Å². The molecule has 1 aromatic carbocycles. The SMILES string of the molecule is CCOC(=O)N1CC[NH+](C[C@@H](O)COc2c(OC)cccc2OC)CC1. The summed E-state index contributed by atoms with van der Waals surface area (Å²) in [5.41, 5.74) is 0. The maximum absolute atomic E-state index is 11.7. The van der Waals surface area contributed by atoms with Crippen molar-refractivity contribution in [2.45, 2.75) is 13.0 Å². The number of nitrogens with one attached hydrogen (secondary N) is 1. The first-order valence-electron chi connectivity index (χ1n) is 8.86. The number of rotatable bonds is 8. The van der Waals surface area contributed by atoms with Crippen LogP contribution < -0.4 is 19.1 Å². The zero-order valence-corrected chi connectivity index (χ0v) is 15.7. The number of amides is 1. The summed E-state index contributed by atoms with van der Waals surface area (Å²) in [5.74, 6) is 1.61. The van der Waals surface area contributed by atoms with E-state index in [1.165, 1.54) is 4.90 Å². The molecule has 0 spiro atoms. The van der Waals surface area contributed by atoms with Gasteiger partial charge in [0.05, 0.1) is 47.0 Å². The van der Waals surface area contributed by atoms with Crippen molar-refractivity contribution < 1.29 is 33.7 Å². The fourth-order valence-corrected chi connectivity index (χ4v) is 2.96. The second kappa shape index (κ2) is 10.1. The quantitative estimate of drug-likeness (QED) is 0.661. The van der Waals surface area contributed by atoms with Gasteiger partial charge in [-0.05, 0) is 19.1 Å². The summed E-state index contributed by atoms with van der Waals surface area (Å²) >= 11 is 0. The predicted molar refractivity (Wildman–Crippen MR) is 95.2 cm³/mol. The summed E-state index contributed by atoms with van der Waals surface area (Å²) in [5, 5.41) is 10.3. The van der Waals surface area contributed by atoms with E-state index in [0.29, 0.717) is 43.5 Å². The number of quaternary nitrogens is 1. The molecule has 8 heteroatoms. The van der Waals surface area contributed by atoms with Crippen LogP contribution in [0.25, 0.3) is 0 Å². The van der Waals surface area contributed by atoms with Crippen LogP contribution in [-0.4, -0.2) is 82.4 Å². The van der Waals surface area contributed by atoms with Crippen LogP contribution in [0.4, 0.5) is 4.79 Å². The molecule has 1 aliphatic heterocycles. The smallest absolute Gasteiger partial charge is 0.410 e. The summed E-state index contributed by atoms with van der Waals surface area (Å²) in [6, 6.07) is 5.38. The third kappa shape index (κ3) is 5.40. The van der Waals surface area contributed by atoms with E-state index in [1.54, 1.807) is 38.2 Å². The van der Waals surface area contributed by atoms with Gasteiger partial charge in [0.2, 0.25) is 5.75 Å². The standard InChI is InChI=1S/C18H28N2O6/c1-4-25-18(22)20-10-8-19(9-11-20)12-14(21)13-26-17-15(23-2)6-5-7-16(17)24-3/h5-7,14,21H,4,8-13H2,1-3H3/p+1/t14-/m1/s1. The molecule has 2 rings (SSSR count). The third-order valence-corrected chi connectivity index (χ3v) is 4.32. The van der Waals surface area contributed by atoms with Gasteiger partial charge >= 0.3 is 6.09 Å². The number of carbonyl (C=O) groups is 1. The molecule has 8 nitrogen and oxygen atoms in total. The van der Waals surface area contributed by atoms with Gasteiger partial charge in [-0.25, -0.2) is 4.79 Å². The minimum absolute atomic E-state index is 0.141. The molecule has 0 aromatic heterocycles. The second-order valence-electron chi connectivity index (χ2n) is 6.10. The van der Waals surface area contributed by atoms with E-state index in [0.717, 1.165) is 13.1 Å². The molecule has 0 saturated carbocycles. The van der Waals surface area contributed by atoms with Crippen LogP contribution in [0, 0.1) is 0 Å². The number of carbonyl (C=O) groups excluding carboxylic acids is 1. The molecular formula is C18H29N2O6+. The van der Waals surface area contributed by atoms with Gasteiger partial charge < -0.3 is 29.0 Å². The van der Waals surface area contributed by atoms with Crippen molar-refractivity contribution in [1.82, 2.24) is 4.90 Å². The number of aliphatic hydroxyl groups excluding tert-OH is 1. The summed E-state index contributed by atoms with van der Waals surface area (Å²) in [7, 11) is 3.12. The van der Waals surface area contributed by atoms with E-state index < -0.39 is 6.10 Å². The van der Waals surface area contributed by atoms with Crippen LogP contribution in [-0.2, 0) is 4.74 Å². The van der Waals surface area contributed by atoms with Gasteiger partial charge in [0.1, 0.15) is 19.3 Å². The van der Waals surface area contributed by atoms with E-state index in [2.05, 4.69) is 0 Å². The number of para-hydroxylation sites is 1. The van der Waals surface area contributed by atoms with Gasteiger partial charge in [-0.15, -0.1) is 0 Å². The van der Waals surface area contributed by atoms with Crippen LogP contribution in [0.5, 0.6) is 17.2 Å². The van der Waals surface area contributed by atoms with Crippen LogP contribution in [0.2, 0.25) is 0 Å². The molecule has 2 N–H and O–H groups in total. The average molecular weight is 369 g/mol. The Kier molecular flexibility index (Phi) is 7.80. The van der Waals surface area contributed by atoms with Gasteiger partial charge in [0.25, 0.3) is 0 Å². The molecule has 0 bridgehead atoms. The molecule has 0 radical (unpaired) electrons. The molecule has 1 saturated heterocycles. The molecule has 1 atom stereocenters. The Morgan fingerprint density at radius 1 is 1.23 bits per heavy atom. The molecule has 1 fully saturated rings. The molecule has 26 heavy (non-hydrogen) atoms. The van der Waals surface area contributed by atoms with E-state index in [9.17, 15) is 9.90 Å². The minimum atomic E-state index is -0.631. The Hall–Kier alpha value is -2.19. The number of piperazine rings is 1. The van der Waals surface area contributed by atoms with Crippen molar-refractivity contribution >= 4 is 6.09 Å². The molecule has 146 valence electrons. The van der Waals surface area contributed by atoms with Crippen molar-refractivity contribution in [2.24, 2.45) is 0 Å². The Morgan fingerprint density at radius 2 is 1.85 bits per heavy atom. The molecule has 0 unspecified atom stereocenters. The van der Waals surface area contributed by atoms with E-state index >= 15 is 0 Å². The normalized spacial score (nSPS) is 16.1. The maximum Gasteiger partial charge on any atom is 0.410 e. The van der Waals surface area contributed by atoms with Gasteiger partial charge in [0, 0.05) is 0 Å². The van der Waals surface area contributed by atoms with E-state index in [1.807, 2.05) is 6.07 Å². The number of ether oxygens (including phenoxy) is 4. The van der Waals surface area contributed by atoms with Gasteiger partial charge in [-0.3, -0.25) is 4.90 Å². The summed E-state index contributed by atoms with van der Waals surface area (Å²) < 4.78 is 21.3. The largest absolute Gasteiger partial charge is 0.493 e. The molecular weight excluding hydrogens is 340 g/mol. The molecule has 1 aliphatic rings. The molecule has 1 aromatic rings. The third-order valence-electron chi connectivity index (χ3n) is 4.32. The van der Waals surface area contributed by atoms with Crippen molar-refractivity contribution in [3.05, 3.63) is 18.2 Å². The van der Waals surface area contributed by atoms with Crippen LogP contribution in [0.1, 0.15) is 6.92 Å². The number of hydrogen-bond donors (Lipinski definition) is 2. The summed E-state index contributed by atoms with van der Waals surface area (Å²) in [6.45, 7) is 5.67. The van der Waals surface area contributed by atoms with Crippen LogP contribution in [0.3, 0.4) is 0 Å². The maximum atomic E-state index is 11.7. The number of nitrogens with zero attached hydrogens (tertiary/aromatic N) is 1. The van der Waals surface area contributed by atoms with Gasteiger partial charge in [-0.2, -0.15) is 0 Å². The number of benzene rings is 1. The lowest BCUT2D eigenvalue weighted by atomic mass is 10.2. The number of aliphatic hydroxyl groups is 1. The monoisotopic (exact) mass is 369 g/mol. The highest BCUT2D eigenvalue weighted by atomic mass is 16.6. The van der Waals surface area contributed by atoms with Crippen molar-refractivity contribution in [2.75, 3.05) is 60.2 Å². The molecule has 1 amide bonds. The molecule has 0 aliphatic carbocycles. The fraction of sp³-hybridized carbons (Fsp3) is 0.611. The lowest BCUT2D eigenvalue weighted by Crippen LogP contribution is -3.16. The highest BCUT2D eigenvalue weighted by Crippen LogP contribution is 2.36. The van der Waals surface area contributed by atoms with Gasteiger partial charge in [0.15, 0.2) is 11.5 Å². The topological polar surface area (TPSA) is 81.9 Å². The predicted octanol–water partition coefficient (Wildman–Crippen LogP) is -0.199. The Balaban J connectivity index is 1.80.